The van der Waals surface area contributed by atoms with E-state index in [9.17, 15) is 5.11 Å². The molecule has 6 heteroatoms. The van der Waals surface area contributed by atoms with Gasteiger partial charge in [0, 0.05) is 37.5 Å². The Morgan fingerprint density at radius 2 is 2.18 bits per heavy atom. The fourth-order valence-electron chi connectivity index (χ4n) is 2.47. The number of hydrogen-bond acceptors (Lipinski definition) is 6. The van der Waals surface area contributed by atoms with Gasteiger partial charge in [-0.25, -0.2) is 4.98 Å². The van der Waals surface area contributed by atoms with Crippen LogP contribution >= 0.6 is 11.3 Å². The Kier molecular flexibility index (Phi) is 5.39. The standard InChI is InChI=1S/C16H21N3O2S/c20-15-9-18-7-12(15)6-17-8-13-11-22-16(19-13)10-21-14-4-2-1-3-5-14/h1-5,11-12,15,17-18,20H,6-10H2. The molecule has 0 radical (unpaired) electrons. The van der Waals surface area contributed by atoms with Gasteiger partial charge in [0.15, 0.2) is 0 Å². The van der Waals surface area contributed by atoms with E-state index in [1.807, 2.05) is 30.3 Å². The summed E-state index contributed by atoms with van der Waals surface area (Å²) in [6.07, 6.45) is -0.238. The number of hydrogen-bond donors (Lipinski definition) is 3. The van der Waals surface area contributed by atoms with Crippen molar-refractivity contribution in [3.05, 3.63) is 46.4 Å². The number of rotatable bonds is 7. The Morgan fingerprint density at radius 3 is 2.95 bits per heavy atom. The molecule has 0 amide bonds. The number of aliphatic hydroxyl groups is 1. The van der Waals surface area contributed by atoms with Crippen LogP contribution in [-0.4, -0.2) is 35.8 Å². The summed E-state index contributed by atoms with van der Waals surface area (Å²) < 4.78 is 5.69. The minimum atomic E-state index is -0.238. The summed E-state index contributed by atoms with van der Waals surface area (Å²) in [7, 11) is 0. The highest BCUT2D eigenvalue weighted by Gasteiger charge is 2.24. The van der Waals surface area contributed by atoms with Crippen LogP contribution in [0.15, 0.2) is 35.7 Å². The summed E-state index contributed by atoms with van der Waals surface area (Å²) in [6, 6.07) is 9.77. The zero-order valence-electron chi connectivity index (χ0n) is 12.4. The monoisotopic (exact) mass is 319 g/mol. The van der Waals surface area contributed by atoms with Crippen LogP contribution in [0.1, 0.15) is 10.7 Å². The van der Waals surface area contributed by atoms with Crippen LogP contribution in [0.25, 0.3) is 0 Å². The van der Waals surface area contributed by atoms with Crippen molar-refractivity contribution in [2.24, 2.45) is 5.92 Å². The number of aliphatic hydroxyl groups excluding tert-OH is 1. The Labute approximate surface area is 134 Å². The largest absolute Gasteiger partial charge is 0.486 e. The fraction of sp³-hybridized carbons (Fsp3) is 0.438. The van der Waals surface area contributed by atoms with E-state index in [2.05, 4.69) is 21.0 Å². The third kappa shape index (κ3) is 4.27. The molecule has 2 unspecified atom stereocenters. The molecule has 1 aliphatic heterocycles. The highest BCUT2D eigenvalue weighted by atomic mass is 32.1. The van der Waals surface area contributed by atoms with Crippen molar-refractivity contribution >= 4 is 11.3 Å². The van der Waals surface area contributed by atoms with Crippen molar-refractivity contribution in [3.63, 3.8) is 0 Å². The first kappa shape index (κ1) is 15.4. The summed E-state index contributed by atoms with van der Waals surface area (Å²) in [6.45, 7) is 3.61. The Hall–Kier alpha value is -1.47. The van der Waals surface area contributed by atoms with Crippen molar-refractivity contribution in [1.82, 2.24) is 15.6 Å². The maximum Gasteiger partial charge on any atom is 0.140 e. The summed E-state index contributed by atoms with van der Waals surface area (Å²) >= 11 is 1.61. The number of β-amino-alcohol motifs (C(OH)–C–C–N with tert-alkyl or cyclic N) is 1. The van der Waals surface area contributed by atoms with E-state index < -0.39 is 0 Å². The van der Waals surface area contributed by atoms with Crippen LogP contribution in [0.5, 0.6) is 5.75 Å². The molecule has 118 valence electrons. The second kappa shape index (κ2) is 7.69. The molecule has 3 N–H and O–H groups in total. The third-order valence-corrected chi connectivity index (χ3v) is 4.59. The molecule has 2 atom stereocenters. The van der Waals surface area contributed by atoms with E-state index in [0.717, 1.165) is 36.1 Å². The third-order valence-electron chi connectivity index (χ3n) is 3.72. The summed E-state index contributed by atoms with van der Waals surface area (Å²) in [5.41, 5.74) is 1.03. The first-order chi connectivity index (χ1) is 10.8. The average Bonchev–Trinajstić information content (AvgIpc) is 3.16. The van der Waals surface area contributed by atoms with Gasteiger partial charge >= 0.3 is 0 Å². The molecule has 1 aromatic heterocycles. The van der Waals surface area contributed by atoms with E-state index in [1.165, 1.54) is 0 Å². The number of aromatic nitrogens is 1. The molecule has 0 saturated carbocycles. The Bertz CT molecular complexity index is 576. The number of thiazole rings is 1. The first-order valence-electron chi connectivity index (χ1n) is 7.52. The van der Waals surface area contributed by atoms with Crippen LogP contribution in [0.4, 0.5) is 0 Å². The van der Waals surface area contributed by atoms with Gasteiger partial charge in [0.1, 0.15) is 17.4 Å². The van der Waals surface area contributed by atoms with Crippen molar-refractivity contribution in [2.75, 3.05) is 19.6 Å². The topological polar surface area (TPSA) is 66.4 Å². The number of nitrogens with one attached hydrogen (secondary N) is 2. The molecule has 0 aliphatic carbocycles. The van der Waals surface area contributed by atoms with Crippen molar-refractivity contribution in [2.45, 2.75) is 19.3 Å². The van der Waals surface area contributed by atoms with Gasteiger partial charge in [0.2, 0.25) is 0 Å². The molecular formula is C16H21N3O2S. The molecule has 5 nitrogen and oxygen atoms in total. The molecule has 2 aromatic rings. The predicted molar refractivity (Wildman–Crippen MR) is 87.0 cm³/mol. The molecule has 1 saturated heterocycles. The molecular weight excluding hydrogens is 298 g/mol. The van der Waals surface area contributed by atoms with Gasteiger partial charge in [0.25, 0.3) is 0 Å². The van der Waals surface area contributed by atoms with Crippen molar-refractivity contribution in [3.8, 4) is 5.75 Å². The maximum atomic E-state index is 9.74. The summed E-state index contributed by atoms with van der Waals surface area (Å²) in [5.74, 6) is 1.15. The lowest BCUT2D eigenvalue weighted by Gasteiger charge is -2.13. The fourth-order valence-corrected chi connectivity index (χ4v) is 3.18. The molecule has 0 spiro atoms. The molecule has 1 aromatic carbocycles. The average molecular weight is 319 g/mol. The zero-order chi connectivity index (χ0) is 15.2. The summed E-state index contributed by atoms with van der Waals surface area (Å²) in [4.78, 5) is 4.56. The van der Waals surface area contributed by atoms with Crippen molar-refractivity contribution in [1.29, 1.82) is 0 Å². The molecule has 2 heterocycles. The van der Waals surface area contributed by atoms with Crippen LogP contribution < -0.4 is 15.4 Å². The van der Waals surface area contributed by atoms with Crippen LogP contribution in [0, 0.1) is 5.92 Å². The van der Waals surface area contributed by atoms with Crippen LogP contribution in [-0.2, 0) is 13.2 Å². The zero-order valence-corrected chi connectivity index (χ0v) is 13.2. The van der Waals surface area contributed by atoms with Gasteiger partial charge in [-0.05, 0) is 12.1 Å². The normalized spacial score (nSPS) is 21.1. The van der Waals surface area contributed by atoms with Crippen LogP contribution in [0.3, 0.4) is 0 Å². The van der Waals surface area contributed by atoms with Gasteiger partial charge < -0.3 is 20.5 Å². The second-order valence-corrected chi connectivity index (χ2v) is 6.39. The smallest absolute Gasteiger partial charge is 0.140 e. The molecule has 1 fully saturated rings. The Balaban J connectivity index is 1.41. The van der Waals surface area contributed by atoms with E-state index in [0.29, 0.717) is 19.1 Å². The van der Waals surface area contributed by atoms with Gasteiger partial charge in [0.05, 0.1) is 11.8 Å². The second-order valence-electron chi connectivity index (χ2n) is 5.45. The Morgan fingerprint density at radius 1 is 1.32 bits per heavy atom. The minimum Gasteiger partial charge on any atom is -0.486 e. The van der Waals surface area contributed by atoms with E-state index in [1.54, 1.807) is 11.3 Å². The number of para-hydroxylation sites is 1. The predicted octanol–water partition coefficient (Wildman–Crippen LogP) is 1.39. The SMILES string of the molecule is OC1CNCC1CNCc1csc(COc2ccccc2)n1. The van der Waals surface area contributed by atoms with E-state index in [-0.39, 0.29) is 6.10 Å². The number of ether oxygens (including phenoxy) is 1. The highest BCUT2D eigenvalue weighted by Crippen LogP contribution is 2.15. The number of nitrogens with zero attached hydrogens (tertiary/aromatic N) is 1. The van der Waals surface area contributed by atoms with E-state index >= 15 is 0 Å². The first-order valence-corrected chi connectivity index (χ1v) is 8.40. The molecule has 3 rings (SSSR count). The van der Waals surface area contributed by atoms with Crippen LogP contribution in [0.2, 0.25) is 0 Å². The maximum absolute atomic E-state index is 9.74. The minimum absolute atomic E-state index is 0.238. The highest BCUT2D eigenvalue weighted by molar-refractivity contribution is 7.09. The van der Waals surface area contributed by atoms with Gasteiger partial charge in [-0.2, -0.15) is 0 Å². The molecule has 22 heavy (non-hydrogen) atoms. The quantitative estimate of drug-likeness (QED) is 0.720. The van der Waals surface area contributed by atoms with Gasteiger partial charge in [-0.15, -0.1) is 11.3 Å². The van der Waals surface area contributed by atoms with Crippen molar-refractivity contribution < 1.29 is 9.84 Å². The molecule has 0 bridgehead atoms. The summed E-state index contributed by atoms with van der Waals surface area (Å²) in [5, 5.41) is 19.3. The van der Waals surface area contributed by atoms with Gasteiger partial charge in [-0.3, -0.25) is 0 Å². The number of benzene rings is 1. The van der Waals surface area contributed by atoms with Gasteiger partial charge in [-0.1, -0.05) is 18.2 Å². The lowest BCUT2D eigenvalue weighted by atomic mass is 10.1. The van der Waals surface area contributed by atoms with E-state index in [4.69, 9.17) is 4.74 Å². The molecule has 1 aliphatic rings. The lowest BCUT2D eigenvalue weighted by molar-refractivity contribution is 0.146. The lowest BCUT2D eigenvalue weighted by Crippen LogP contribution is -2.30.